The number of carbonyl (C=O) groups excluding carboxylic acids is 2. The number of ether oxygens (including phenoxy) is 2. The van der Waals surface area contributed by atoms with Crippen LogP contribution in [0.4, 0.5) is 4.39 Å². The van der Waals surface area contributed by atoms with Crippen LogP contribution in [0.1, 0.15) is 38.1 Å². The fraction of sp³-hybridized carbons (Fsp3) is 0.429. The van der Waals surface area contributed by atoms with E-state index in [0.29, 0.717) is 6.29 Å². The van der Waals surface area contributed by atoms with Crippen molar-refractivity contribution in [2.24, 2.45) is 0 Å². The van der Waals surface area contributed by atoms with Gasteiger partial charge in [-0.1, -0.05) is 0 Å². The molecule has 19 heavy (non-hydrogen) atoms. The lowest BCUT2D eigenvalue weighted by Gasteiger charge is -2.22. The van der Waals surface area contributed by atoms with Gasteiger partial charge in [-0.3, -0.25) is 4.79 Å². The maximum atomic E-state index is 13.2. The first kappa shape index (κ1) is 15.1. The normalized spacial score (nSPS) is 12.7. The molecular formula is C14H17FO4. The fourth-order valence-electron chi connectivity index (χ4n) is 1.36. The second kappa shape index (κ2) is 5.82. The van der Waals surface area contributed by atoms with Crippen LogP contribution in [0.2, 0.25) is 0 Å². The molecular weight excluding hydrogens is 251 g/mol. The van der Waals surface area contributed by atoms with Gasteiger partial charge in [-0.2, -0.15) is 0 Å². The largest absolute Gasteiger partial charge is 0.479 e. The average Bonchev–Trinajstić information content (AvgIpc) is 2.25. The second-order valence-electron chi connectivity index (χ2n) is 5.13. The van der Waals surface area contributed by atoms with Gasteiger partial charge in [0.15, 0.2) is 6.10 Å². The summed E-state index contributed by atoms with van der Waals surface area (Å²) in [6.07, 6.45) is -0.380. The molecule has 104 valence electrons. The van der Waals surface area contributed by atoms with Crippen LogP contribution in [0.5, 0.6) is 5.75 Å². The van der Waals surface area contributed by atoms with E-state index in [9.17, 15) is 14.0 Å². The Hall–Kier alpha value is -1.91. The average molecular weight is 268 g/mol. The zero-order valence-corrected chi connectivity index (χ0v) is 11.4. The van der Waals surface area contributed by atoms with Crippen LogP contribution in [0.25, 0.3) is 0 Å². The Morgan fingerprint density at radius 1 is 1.32 bits per heavy atom. The minimum atomic E-state index is -0.888. The lowest BCUT2D eigenvalue weighted by Crippen LogP contribution is -2.33. The lowest BCUT2D eigenvalue weighted by molar-refractivity contribution is -0.162. The third-order valence-corrected chi connectivity index (χ3v) is 2.08. The summed E-state index contributed by atoms with van der Waals surface area (Å²) in [6, 6.07) is 3.54. The molecule has 0 aromatic heterocycles. The van der Waals surface area contributed by atoms with Gasteiger partial charge >= 0.3 is 5.97 Å². The minimum Gasteiger partial charge on any atom is -0.479 e. The summed E-state index contributed by atoms with van der Waals surface area (Å²) in [5, 5.41) is 0. The van der Waals surface area contributed by atoms with Crippen LogP contribution in [-0.4, -0.2) is 24.0 Å². The van der Waals surface area contributed by atoms with E-state index in [1.165, 1.54) is 13.0 Å². The Morgan fingerprint density at radius 2 is 1.95 bits per heavy atom. The van der Waals surface area contributed by atoms with E-state index in [0.717, 1.165) is 12.1 Å². The van der Waals surface area contributed by atoms with Crippen molar-refractivity contribution in [3.05, 3.63) is 29.6 Å². The van der Waals surface area contributed by atoms with E-state index in [4.69, 9.17) is 9.47 Å². The van der Waals surface area contributed by atoms with Crippen LogP contribution in [0.15, 0.2) is 18.2 Å². The van der Waals surface area contributed by atoms with Crippen molar-refractivity contribution in [2.45, 2.75) is 39.4 Å². The van der Waals surface area contributed by atoms with E-state index >= 15 is 0 Å². The summed E-state index contributed by atoms with van der Waals surface area (Å²) < 4.78 is 23.6. The van der Waals surface area contributed by atoms with Crippen molar-refractivity contribution in [1.29, 1.82) is 0 Å². The molecule has 0 bridgehead atoms. The van der Waals surface area contributed by atoms with E-state index in [1.54, 1.807) is 20.8 Å². The third-order valence-electron chi connectivity index (χ3n) is 2.08. The Kier molecular flexibility index (Phi) is 4.64. The number of benzene rings is 1. The Morgan fingerprint density at radius 3 is 2.47 bits per heavy atom. The Balaban J connectivity index is 2.76. The van der Waals surface area contributed by atoms with Gasteiger partial charge < -0.3 is 9.47 Å². The SMILES string of the molecule is CC(Oc1cc(F)cc(C=O)c1)C(=O)OC(C)(C)C. The molecule has 0 saturated heterocycles. The molecule has 0 aliphatic carbocycles. The van der Waals surface area contributed by atoms with Crippen molar-refractivity contribution in [1.82, 2.24) is 0 Å². The van der Waals surface area contributed by atoms with Gasteiger partial charge in [-0.25, -0.2) is 9.18 Å². The van der Waals surface area contributed by atoms with Gasteiger partial charge in [0.05, 0.1) is 0 Å². The first-order valence-corrected chi connectivity index (χ1v) is 5.86. The molecule has 1 aromatic carbocycles. The zero-order chi connectivity index (χ0) is 14.6. The predicted molar refractivity (Wildman–Crippen MR) is 67.7 cm³/mol. The summed E-state index contributed by atoms with van der Waals surface area (Å²) in [5.74, 6) is -1.04. The van der Waals surface area contributed by atoms with Gasteiger partial charge in [-0.15, -0.1) is 0 Å². The highest BCUT2D eigenvalue weighted by molar-refractivity contribution is 5.76. The van der Waals surface area contributed by atoms with Gasteiger partial charge in [-0.05, 0) is 39.8 Å². The second-order valence-corrected chi connectivity index (χ2v) is 5.13. The summed E-state index contributed by atoms with van der Waals surface area (Å²) in [7, 11) is 0. The molecule has 0 heterocycles. The van der Waals surface area contributed by atoms with Crippen molar-refractivity contribution in [2.75, 3.05) is 0 Å². The number of rotatable bonds is 4. The van der Waals surface area contributed by atoms with Gasteiger partial charge in [0.25, 0.3) is 0 Å². The Labute approximate surface area is 111 Å². The lowest BCUT2D eigenvalue weighted by atomic mass is 10.2. The van der Waals surface area contributed by atoms with Crippen LogP contribution in [-0.2, 0) is 9.53 Å². The Bertz CT molecular complexity index is 477. The van der Waals surface area contributed by atoms with Crippen molar-refractivity contribution >= 4 is 12.3 Å². The molecule has 0 spiro atoms. The molecule has 5 heteroatoms. The number of hydrogen-bond acceptors (Lipinski definition) is 4. The number of aldehydes is 1. The summed E-state index contributed by atoms with van der Waals surface area (Å²) in [6.45, 7) is 6.72. The highest BCUT2D eigenvalue weighted by atomic mass is 19.1. The molecule has 1 unspecified atom stereocenters. The zero-order valence-electron chi connectivity index (χ0n) is 11.4. The van der Waals surface area contributed by atoms with Crippen molar-refractivity contribution < 1.29 is 23.5 Å². The molecule has 1 aromatic rings. The van der Waals surface area contributed by atoms with Crippen LogP contribution < -0.4 is 4.74 Å². The number of esters is 1. The van der Waals surface area contributed by atoms with Crippen LogP contribution in [0.3, 0.4) is 0 Å². The molecule has 0 saturated carbocycles. The number of hydrogen-bond donors (Lipinski definition) is 0. The number of halogens is 1. The molecule has 0 N–H and O–H groups in total. The van der Waals surface area contributed by atoms with Crippen molar-refractivity contribution in [3.8, 4) is 5.75 Å². The molecule has 0 amide bonds. The molecule has 1 atom stereocenters. The third kappa shape index (κ3) is 5.07. The molecule has 1 rings (SSSR count). The topological polar surface area (TPSA) is 52.6 Å². The first-order chi connectivity index (χ1) is 8.71. The molecule has 4 nitrogen and oxygen atoms in total. The first-order valence-electron chi connectivity index (χ1n) is 5.86. The highest BCUT2D eigenvalue weighted by Gasteiger charge is 2.23. The predicted octanol–water partition coefficient (Wildman–Crippen LogP) is 2.75. The standard InChI is InChI=1S/C14H17FO4/c1-9(13(17)19-14(2,3)4)18-12-6-10(8-16)5-11(15)7-12/h5-9H,1-4H3. The summed E-state index contributed by atoms with van der Waals surface area (Å²) >= 11 is 0. The molecule has 0 aliphatic rings. The van der Waals surface area contributed by atoms with Gasteiger partial charge in [0, 0.05) is 11.6 Å². The van der Waals surface area contributed by atoms with E-state index in [1.807, 2.05) is 0 Å². The minimum absolute atomic E-state index is 0.112. The van der Waals surface area contributed by atoms with E-state index in [2.05, 4.69) is 0 Å². The maximum Gasteiger partial charge on any atom is 0.347 e. The summed E-state index contributed by atoms with van der Waals surface area (Å²) in [5.41, 5.74) is -0.476. The number of carbonyl (C=O) groups is 2. The monoisotopic (exact) mass is 268 g/mol. The van der Waals surface area contributed by atoms with E-state index in [-0.39, 0.29) is 11.3 Å². The van der Waals surface area contributed by atoms with Gasteiger partial charge in [0.2, 0.25) is 0 Å². The van der Waals surface area contributed by atoms with Crippen LogP contribution >= 0.6 is 0 Å². The summed E-state index contributed by atoms with van der Waals surface area (Å²) in [4.78, 5) is 22.3. The van der Waals surface area contributed by atoms with E-state index < -0.39 is 23.5 Å². The van der Waals surface area contributed by atoms with Crippen LogP contribution in [0, 0.1) is 5.82 Å². The van der Waals surface area contributed by atoms with Gasteiger partial charge in [0.1, 0.15) is 23.5 Å². The molecule has 0 aliphatic heterocycles. The fourth-order valence-corrected chi connectivity index (χ4v) is 1.36. The molecule has 0 radical (unpaired) electrons. The highest BCUT2D eigenvalue weighted by Crippen LogP contribution is 2.18. The molecule has 0 fully saturated rings. The maximum absolute atomic E-state index is 13.2. The van der Waals surface area contributed by atoms with Crippen molar-refractivity contribution in [3.63, 3.8) is 0 Å². The smallest absolute Gasteiger partial charge is 0.347 e. The quantitative estimate of drug-likeness (QED) is 0.622.